The predicted octanol–water partition coefficient (Wildman–Crippen LogP) is -1.52. The average molecular weight is 77.2 g/mol. The van der Waals surface area contributed by atoms with Gasteiger partial charge in [0.25, 0.3) is 0 Å². The van der Waals surface area contributed by atoms with E-state index in [1.165, 1.54) is 0 Å². The number of rotatable bonds is 0. The molecule has 0 fully saturated rings. The fraction of sp³-hybridized carbons (Fsp3) is 0. The third-order valence-corrected chi connectivity index (χ3v) is 0. The molecule has 0 aliphatic heterocycles. The first-order valence-corrected chi connectivity index (χ1v) is 0. The van der Waals surface area contributed by atoms with Crippen molar-refractivity contribution in [3.05, 3.63) is 0 Å². The molecule has 0 nitrogen and oxygen atoms in total. The third kappa shape index (κ3) is 9.03. The molecular formula is LiMgNa2. The molecule has 0 saturated heterocycles. The first-order chi connectivity index (χ1) is 0. The van der Waals surface area contributed by atoms with Gasteiger partial charge in [-0.25, -0.2) is 0 Å². The molecular weight excluding hydrogens is 77.2 g/mol. The van der Waals surface area contributed by atoms with E-state index in [-0.39, 0.29) is 101 Å². The van der Waals surface area contributed by atoms with Gasteiger partial charge in [-0.05, 0) is 0 Å². The molecule has 0 amide bonds. The van der Waals surface area contributed by atoms with Crippen molar-refractivity contribution < 1.29 is 0 Å². The minimum atomic E-state index is 0. The summed E-state index contributed by atoms with van der Waals surface area (Å²) in [5.74, 6) is 0. The Kier molecular flexibility index (Phi) is 107. The molecule has 0 aromatic carbocycles. The summed E-state index contributed by atoms with van der Waals surface area (Å²) in [4.78, 5) is 0. The molecule has 0 aromatic rings. The van der Waals surface area contributed by atoms with E-state index in [0.717, 1.165) is 0 Å². The molecule has 5 valence electrons. The van der Waals surface area contributed by atoms with Gasteiger partial charge < -0.3 is 0 Å². The SMILES string of the molecule is [Li].[Mg].[Na].[Na]. The molecule has 0 atom stereocenters. The van der Waals surface area contributed by atoms with Crippen molar-refractivity contribution in [3.63, 3.8) is 0 Å². The summed E-state index contributed by atoms with van der Waals surface area (Å²) in [6.07, 6.45) is 0. The van der Waals surface area contributed by atoms with Gasteiger partial charge in [0.15, 0.2) is 0 Å². The quantitative estimate of drug-likeness (QED) is 0.308. The predicted molar refractivity (Wildman–Crippen MR) is 23.0 cm³/mol. The van der Waals surface area contributed by atoms with E-state index in [0.29, 0.717) is 0 Å². The largest absolute Gasteiger partial charge is 0 e. The Morgan fingerprint density at radius 2 is 0.750 bits per heavy atom. The van der Waals surface area contributed by atoms with Gasteiger partial charge in [-0.15, -0.1) is 0 Å². The normalized spacial score (nSPS) is 0. The molecule has 0 aromatic heterocycles. The van der Waals surface area contributed by atoms with Crippen LogP contribution in [0.4, 0.5) is 0 Å². The first-order valence-electron chi connectivity index (χ1n) is 0. The molecule has 4 heavy (non-hydrogen) atoms. The minimum absolute atomic E-state index is 0. The molecule has 0 aliphatic rings. The zero-order valence-corrected chi connectivity index (χ0v) is 9.12. The molecule has 0 bridgehead atoms. The second kappa shape index (κ2) is 16.2. The van der Waals surface area contributed by atoms with Crippen molar-refractivity contribution in [1.82, 2.24) is 0 Å². The van der Waals surface area contributed by atoms with Crippen molar-refractivity contribution in [1.29, 1.82) is 0 Å². The standard InChI is InChI=1S/Li.Mg.2Na. The Morgan fingerprint density at radius 3 is 0.750 bits per heavy atom. The van der Waals surface area contributed by atoms with Gasteiger partial charge >= 0.3 is 0 Å². The van der Waals surface area contributed by atoms with Crippen LogP contribution in [0.3, 0.4) is 0 Å². The van der Waals surface area contributed by atoms with E-state index in [1.807, 2.05) is 0 Å². The molecule has 0 aliphatic carbocycles. The van der Waals surface area contributed by atoms with E-state index in [1.54, 1.807) is 0 Å². The Bertz CT molecular complexity index is 6.00. The smallest absolute Gasteiger partial charge is 0 e. The van der Waals surface area contributed by atoms with Gasteiger partial charge in [0.1, 0.15) is 0 Å². The Labute approximate surface area is 98.8 Å². The van der Waals surface area contributed by atoms with Crippen molar-refractivity contribution in [2.24, 2.45) is 0 Å². The molecule has 5 radical (unpaired) electrons. The van der Waals surface area contributed by atoms with Crippen molar-refractivity contribution in [2.75, 3.05) is 0 Å². The maximum Gasteiger partial charge on any atom is 0 e. The summed E-state index contributed by atoms with van der Waals surface area (Å²) >= 11 is 0. The zero-order chi connectivity index (χ0) is 0. The monoisotopic (exact) mass is 77.0 g/mol. The molecule has 0 saturated carbocycles. The third-order valence-electron chi connectivity index (χ3n) is 0. The van der Waals surface area contributed by atoms with Crippen LogP contribution in [0, 0.1) is 0 Å². The van der Waals surface area contributed by atoms with Crippen molar-refractivity contribution >= 4 is 101 Å². The fourth-order valence-corrected chi connectivity index (χ4v) is 0. The molecule has 0 heterocycles. The van der Waals surface area contributed by atoms with Gasteiger partial charge in [0, 0.05) is 101 Å². The molecule has 0 unspecified atom stereocenters. The second-order valence-corrected chi connectivity index (χ2v) is 0. The van der Waals surface area contributed by atoms with Gasteiger partial charge in [-0.3, -0.25) is 0 Å². The Hall–Kier alpha value is 3.36. The van der Waals surface area contributed by atoms with Crippen LogP contribution in [0.2, 0.25) is 0 Å². The Morgan fingerprint density at radius 1 is 0.750 bits per heavy atom. The number of hydrogen-bond acceptors (Lipinski definition) is 0. The van der Waals surface area contributed by atoms with E-state index in [2.05, 4.69) is 0 Å². The van der Waals surface area contributed by atoms with Gasteiger partial charge in [0.2, 0.25) is 0 Å². The van der Waals surface area contributed by atoms with Crippen molar-refractivity contribution in [3.8, 4) is 0 Å². The molecule has 0 N–H and O–H groups in total. The van der Waals surface area contributed by atoms with Gasteiger partial charge in [-0.2, -0.15) is 0 Å². The van der Waals surface area contributed by atoms with Crippen LogP contribution in [0.15, 0.2) is 0 Å². The second-order valence-electron chi connectivity index (χ2n) is 0. The van der Waals surface area contributed by atoms with Crippen LogP contribution in [0.5, 0.6) is 0 Å². The van der Waals surface area contributed by atoms with E-state index >= 15 is 0 Å². The summed E-state index contributed by atoms with van der Waals surface area (Å²) < 4.78 is 0. The molecule has 0 rings (SSSR count). The van der Waals surface area contributed by atoms with E-state index in [4.69, 9.17) is 0 Å². The summed E-state index contributed by atoms with van der Waals surface area (Å²) in [6.45, 7) is 0. The molecule has 4 heteroatoms. The summed E-state index contributed by atoms with van der Waals surface area (Å²) in [5, 5.41) is 0. The first kappa shape index (κ1) is 26.4. The van der Waals surface area contributed by atoms with Crippen LogP contribution < -0.4 is 0 Å². The number of hydrogen-bond donors (Lipinski definition) is 0. The average Bonchev–Trinajstić information content (AvgIpc) is 0. The van der Waals surface area contributed by atoms with E-state index < -0.39 is 0 Å². The van der Waals surface area contributed by atoms with Crippen LogP contribution in [0.25, 0.3) is 0 Å². The maximum absolute atomic E-state index is 0. The summed E-state index contributed by atoms with van der Waals surface area (Å²) in [5.41, 5.74) is 0. The minimum Gasteiger partial charge on any atom is 0 e. The van der Waals surface area contributed by atoms with Crippen LogP contribution >= 0.6 is 0 Å². The fourth-order valence-electron chi connectivity index (χ4n) is 0. The maximum atomic E-state index is 0. The van der Waals surface area contributed by atoms with Crippen LogP contribution in [-0.2, 0) is 0 Å². The van der Waals surface area contributed by atoms with Crippen molar-refractivity contribution in [2.45, 2.75) is 0 Å². The van der Waals surface area contributed by atoms with Gasteiger partial charge in [-0.1, -0.05) is 0 Å². The van der Waals surface area contributed by atoms with E-state index in [9.17, 15) is 0 Å². The summed E-state index contributed by atoms with van der Waals surface area (Å²) in [7, 11) is 0. The van der Waals surface area contributed by atoms with Crippen LogP contribution in [-0.4, -0.2) is 101 Å². The van der Waals surface area contributed by atoms with Gasteiger partial charge in [0.05, 0.1) is 0 Å². The Balaban J connectivity index is 0. The molecule has 0 spiro atoms. The summed E-state index contributed by atoms with van der Waals surface area (Å²) in [6, 6.07) is 0. The topological polar surface area (TPSA) is 0 Å². The van der Waals surface area contributed by atoms with Crippen LogP contribution in [0.1, 0.15) is 0 Å². The zero-order valence-electron chi connectivity index (χ0n) is 3.71.